The summed E-state index contributed by atoms with van der Waals surface area (Å²) in [6.07, 6.45) is 0.643. The minimum Gasteiger partial charge on any atom is -0.326 e. The van der Waals surface area contributed by atoms with E-state index >= 15 is 0 Å². The number of fused-ring (bicyclic) bond motifs is 1. The zero-order valence-electron chi connectivity index (χ0n) is 11.4. The molecular formula is C13H15N3O3S2. The van der Waals surface area contributed by atoms with Crippen LogP contribution in [0.1, 0.15) is 11.3 Å². The van der Waals surface area contributed by atoms with Crippen molar-refractivity contribution in [1.82, 2.24) is 4.98 Å². The fourth-order valence-corrected chi connectivity index (χ4v) is 5.51. The summed E-state index contributed by atoms with van der Waals surface area (Å²) in [7, 11) is -3.78. The molecule has 0 saturated carbocycles. The summed E-state index contributed by atoms with van der Waals surface area (Å²) in [5.41, 5.74) is 7.89. The van der Waals surface area contributed by atoms with Crippen molar-refractivity contribution in [2.45, 2.75) is 23.6 Å². The van der Waals surface area contributed by atoms with Gasteiger partial charge in [0.1, 0.15) is 0 Å². The molecule has 8 heteroatoms. The first-order chi connectivity index (χ1) is 9.89. The number of nitrogens with two attached hydrogens (primary N) is 1. The summed E-state index contributed by atoms with van der Waals surface area (Å²) in [5, 5.41) is 0. The number of H-pyrrole nitrogens is 1. The van der Waals surface area contributed by atoms with Crippen LogP contribution in [0.5, 0.6) is 0 Å². The molecule has 21 heavy (non-hydrogen) atoms. The Balaban J connectivity index is 2.16. The highest BCUT2D eigenvalue weighted by molar-refractivity contribution is 7.94. The maximum absolute atomic E-state index is 12.9. The second-order valence-electron chi connectivity index (χ2n) is 5.06. The SMILES string of the molecule is Cc1[nH]c(=O)sc1S(=O)(=O)N1CC(N)Cc2ccccc21. The molecule has 112 valence electrons. The van der Waals surface area contributed by atoms with Gasteiger partial charge in [-0.15, -0.1) is 0 Å². The van der Waals surface area contributed by atoms with Gasteiger partial charge in [0.05, 0.1) is 5.69 Å². The largest absolute Gasteiger partial charge is 0.326 e. The number of aromatic amines is 1. The number of benzene rings is 1. The summed E-state index contributed by atoms with van der Waals surface area (Å²) < 4.78 is 27.1. The Labute approximate surface area is 126 Å². The van der Waals surface area contributed by atoms with E-state index in [-0.39, 0.29) is 21.7 Å². The number of rotatable bonds is 2. The number of nitrogens with one attached hydrogen (secondary N) is 1. The van der Waals surface area contributed by atoms with Crippen molar-refractivity contribution in [1.29, 1.82) is 0 Å². The van der Waals surface area contributed by atoms with Gasteiger partial charge >= 0.3 is 4.87 Å². The molecule has 0 spiro atoms. The number of nitrogens with zero attached hydrogens (tertiary/aromatic N) is 1. The summed E-state index contributed by atoms with van der Waals surface area (Å²) in [4.78, 5) is 13.5. The predicted molar refractivity (Wildman–Crippen MR) is 82.3 cm³/mol. The maximum atomic E-state index is 12.9. The van der Waals surface area contributed by atoms with Gasteiger partial charge in [-0.3, -0.25) is 9.10 Å². The minimum atomic E-state index is -3.78. The minimum absolute atomic E-state index is 0.0522. The third kappa shape index (κ3) is 2.39. The molecule has 1 unspecified atom stereocenters. The number of thiazole rings is 1. The van der Waals surface area contributed by atoms with Crippen molar-refractivity contribution in [3.63, 3.8) is 0 Å². The van der Waals surface area contributed by atoms with E-state index in [0.29, 0.717) is 29.1 Å². The first-order valence-electron chi connectivity index (χ1n) is 6.45. The average molecular weight is 325 g/mol. The molecule has 0 aliphatic carbocycles. The molecule has 1 aliphatic rings. The van der Waals surface area contributed by atoms with E-state index in [1.165, 1.54) is 4.31 Å². The van der Waals surface area contributed by atoms with Gasteiger partial charge < -0.3 is 10.7 Å². The third-order valence-electron chi connectivity index (χ3n) is 3.45. The summed E-state index contributed by atoms with van der Waals surface area (Å²) in [6, 6.07) is 7.05. The van der Waals surface area contributed by atoms with E-state index in [1.807, 2.05) is 12.1 Å². The Morgan fingerprint density at radius 1 is 1.38 bits per heavy atom. The molecule has 2 heterocycles. The predicted octanol–water partition coefficient (Wildman–Crippen LogP) is 0.824. The van der Waals surface area contributed by atoms with Crippen LogP contribution in [0.4, 0.5) is 5.69 Å². The Bertz CT molecular complexity index is 838. The summed E-state index contributed by atoms with van der Waals surface area (Å²) in [5.74, 6) is 0. The molecule has 1 aliphatic heterocycles. The van der Waals surface area contributed by atoms with Crippen LogP contribution in [-0.4, -0.2) is 26.0 Å². The quantitative estimate of drug-likeness (QED) is 0.854. The lowest BCUT2D eigenvalue weighted by Crippen LogP contribution is -2.46. The Hall–Kier alpha value is -1.64. The van der Waals surface area contributed by atoms with Gasteiger partial charge in [0, 0.05) is 18.3 Å². The number of aromatic nitrogens is 1. The van der Waals surface area contributed by atoms with E-state index in [4.69, 9.17) is 5.73 Å². The number of hydrogen-bond donors (Lipinski definition) is 2. The molecular weight excluding hydrogens is 310 g/mol. The van der Waals surface area contributed by atoms with Gasteiger partial charge in [-0.05, 0) is 25.0 Å². The van der Waals surface area contributed by atoms with Crippen LogP contribution in [0.15, 0.2) is 33.3 Å². The van der Waals surface area contributed by atoms with Crippen molar-refractivity contribution in [3.05, 3.63) is 45.2 Å². The highest BCUT2D eigenvalue weighted by Gasteiger charge is 2.34. The topological polar surface area (TPSA) is 96.3 Å². The molecule has 0 bridgehead atoms. The van der Waals surface area contributed by atoms with Gasteiger partial charge in [0.15, 0.2) is 4.21 Å². The number of hydrogen-bond acceptors (Lipinski definition) is 5. The van der Waals surface area contributed by atoms with Crippen LogP contribution in [0.2, 0.25) is 0 Å². The van der Waals surface area contributed by atoms with Crippen LogP contribution in [0.25, 0.3) is 0 Å². The normalized spacial score (nSPS) is 18.6. The second kappa shape index (κ2) is 4.97. The van der Waals surface area contributed by atoms with E-state index in [1.54, 1.807) is 19.1 Å². The van der Waals surface area contributed by atoms with Crippen LogP contribution in [-0.2, 0) is 16.4 Å². The first kappa shape index (κ1) is 14.3. The number of aryl methyl sites for hydroxylation is 1. The highest BCUT2D eigenvalue weighted by Crippen LogP contribution is 2.32. The molecule has 6 nitrogen and oxygen atoms in total. The van der Waals surface area contributed by atoms with Crippen LogP contribution < -0.4 is 14.9 Å². The van der Waals surface area contributed by atoms with Crippen molar-refractivity contribution >= 4 is 27.0 Å². The van der Waals surface area contributed by atoms with Crippen molar-refractivity contribution in [2.24, 2.45) is 5.73 Å². The van der Waals surface area contributed by atoms with Gasteiger partial charge in [-0.2, -0.15) is 0 Å². The summed E-state index contributed by atoms with van der Waals surface area (Å²) >= 11 is 0.709. The number of sulfonamides is 1. The van der Waals surface area contributed by atoms with Crippen LogP contribution in [0, 0.1) is 6.92 Å². The zero-order chi connectivity index (χ0) is 15.2. The van der Waals surface area contributed by atoms with Crippen LogP contribution in [0.3, 0.4) is 0 Å². The molecule has 0 fully saturated rings. The van der Waals surface area contributed by atoms with E-state index in [0.717, 1.165) is 5.56 Å². The van der Waals surface area contributed by atoms with Crippen molar-refractivity contribution < 1.29 is 8.42 Å². The van der Waals surface area contributed by atoms with Crippen molar-refractivity contribution in [3.8, 4) is 0 Å². The molecule has 3 rings (SSSR count). The molecule has 0 radical (unpaired) electrons. The zero-order valence-corrected chi connectivity index (χ0v) is 13.0. The molecule has 0 saturated heterocycles. The fraction of sp³-hybridized carbons (Fsp3) is 0.308. The Kier molecular flexibility index (Phi) is 3.39. The smallest absolute Gasteiger partial charge is 0.306 e. The third-order valence-corrected chi connectivity index (χ3v) is 6.81. The lowest BCUT2D eigenvalue weighted by Gasteiger charge is -2.33. The van der Waals surface area contributed by atoms with Gasteiger partial charge in [0.2, 0.25) is 0 Å². The Morgan fingerprint density at radius 3 is 2.76 bits per heavy atom. The van der Waals surface area contributed by atoms with Crippen molar-refractivity contribution in [2.75, 3.05) is 10.8 Å². The Morgan fingerprint density at radius 2 is 2.10 bits per heavy atom. The van der Waals surface area contributed by atoms with E-state index in [2.05, 4.69) is 4.98 Å². The second-order valence-corrected chi connectivity index (χ2v) is 8.10. The average Bonchev–Trinajstić information content (AvgIpc) is 2.77. The molecule has 2 aromatic rings. The summed E-state index contributed by atoms with van der Waals surface area (Å²) in [6.45, 7) is 1.80. The van der Waals surface area contributed by atoms with Crippen LogP contribution >= 0.6 is 11.3 Å². The monoisotopic (exact) mass is 325 g/mol. The van der Waals surface area contributed by atoms with Gasteiger partial charge in [0.25, 0.3) is 10.0 Å². The van der Waals surface area contributed by atoms with E-state index in [9.17, 15) is 13.2 Å². The highest BCUT2D eigenvalue weighted by atomic mass is 32.2. The molecule has 1 aromatic heterocycles. The molecule has 1 aromatic carbocycles. The standard InChI is InChI=1S/C13H15N3O3S2/c1-8-12(20-13(17)15-8)21(18,19)16-7-10(14)6-9-4-2-3-5-11(9)16/h2-5,10H,6-7,14H2,1H3,(H,15,17). The number of anilines is 1. The molecule has 1 atom stereocenters. The molecule has 3 N–H and O–H groups in total. The lowest BCUT2D eigenvalue weighted by molar-refractivity contribution is 0.576. The maximum Gasteiger partial charge on any atom is 0.306 e. The van der Waals surface area contributed by atoms with E-state index < -0.39 is 10.0 Å². The van der Waals surface area contributed by atoms with Gasteiger partial charge in [-0.25, -0.2) is 8.42 Å². The lowest BCUT2D eigenvalue weighted by atomic mass is 10.0. The fourth-order valence-electron chi connectivity index (χ4n) is 2.55. The number of para-hydroxylation sites is 1. The van der Waals surface area contributed by atoms with Gasteiger partial charge in [-0.1, -0.05) is 29.5 Å². The molecule has 0 amide bonds. The first-order valence-corrected chi connectivity index (χ1v) is 8.71.